The SMILES string of the molecule is COc1ccc(-c2ncc(C(=O)Nc3ccc(Oc4ccccc4)cc3)c(C)n2)cc1. The van der Waals surface area contributed by atoms with Crippen molar-refractivity contribution < 1.29 is 14.3 Å². The second-order valence-electron chi connectivity index (χ2n) is 6.81. The van der Waals surface area contributed by atoms with Gasteiger partial charge in [0.2, 0.25) is 0 Å². The van der Waals surface area contributed by atoms with Gasteiger partial charge in [-0.15, -0.1) is 0 Å². The molecule has 0 bridgehead atoms. The third kappa shape index (κ3) is 4.87. The fraction of sp³-hybridized carbons (Fsp3) is 0.0800. The van der Waals surface area contributed by atoms with E-state index in [0.717, 1.165) is 17.1 Å². The van der Waals surface area contributed by atoms with Gasteiger partial charge in [-0.05, 0) is 67.6 Å². The monoisotopic (exact) mass is 411 g/mol. The Kier molecular flexibility index (Phi) is 5.89. The molecule has 4 rings (SSSR count). The predicted molar refractivity (Wildman–Crippen MR) is 120 cm³/mol. The van der Waals surface area contributed by atoms with E-state index in [2.05, 4.69) is 15.3 Å². The van der Waals surface area contributed by atoms with Crippen LogP contribution in [0.4, 0.5) is 5.69 Å². The lowest BCUT2D eigenvalue weighted by molar-refractivity contribution is 0.102. The topological polar surface area (TPSA) is 73.3 Å². The zero-order chi connectivity index (χ0) is 21.6. The maximum Gasteiger partial charge on any atom is 0.259 e. The quantitative estimate of drug-likeness (QED) is 0.453. The number of hydrogen-bond acceptors (Lipinski definition) is 5. The van der Waals surface area contributed by atoms with Gasteiger partial charge in [-0.1, -0.05) is 18.2 Å². The number of nitrogens with zero attached hydrogens (tertiary/aromatic N) is 2. The van der Waals surface area contributed by atoms with Crippen molar-refractivity contribution in [2.45, 2.75) is 6.92 Å². The first kappa shape index (κ1) is 20.1. The molecule has 4 aromatic rings. The van der Waals surface area contributed by atoms with Crippen LogP contribution in [-0.2, 0) is 0 Å². The van der Waals surface area contributed by atoms with Crippen LogP contribution in [0.2, 0.25) is 0 Å². The molecule has 0 unspecified atom stereocenters. The van der Waals surface area contributed by atoms with Gasteiger partial charge in [-0.2, -0.15) is 0 Å². The molecule has 3 aromatic carbocycles. The van der Waals surface area contributed by atoms with Crippen molar-refractivity contribution in [3.05, 3.63) is 96.3 Å². The lowest BCUT2D eigenvalue weighted by atomic mass is 10.1. The van der Waals surface area contributed by atoms with Crippen molar-refractivity contribution in [1.29, 1.82) is 0 Å². The van der Waals surface area contributed by atoms with E-state index >= 15 is 0 Å². The summed E-state index contributed by atoms with van der Waals surface area (Å²) < 4.78 is 10.9. The Labute approximate surface area is 180 Å². The highest BCUT2D eigenvalue weighted by molar-refractivity contribution is 6.04. The minimum Gasteiger partial charge on any atom is -0.497 e. The zero-order valence-corrected chi connectivity index (χ0v) is 17.2. The average molecular weight is 411 g/mol. The van der Waals surface area contributed by atoms with Gasteiger partial charge >= 0.3 is 0 Å². The molecule has 6 heteroatoms. The number of methoxy groups -OCH3 is 1. The Balaban J connectivity index is 1.44. The molecule has 0 fully saturated rings. The van der Waals surface area contributed by atoms with Gasteiger partial charge in [0.1, 0.15) is 17.2 Å². The first-order valence-corrected chi connectivity index (χ1v) is 9.75. The molecule has 1 heterocycles. The molecule has 1 aromatic heterocycles. The number of hydrogen-bond donors (Lipinski definition) is 1. The van der Waals surface area contributed by atoms with Crippen LogP contribution in [0.15, 0.2) is 85.1 Å². The van der Waals surface area contributed by atoms with Crippen LogP contribution in [0.25, 0.3) is 11.4 Å². The summed E-state index contributed by atoms with van der Waals surface area (Å²) in [5.74, 6) is 2.49. The number of ether oxygens (including phenoxy) is 2. The van der Waals surface area contributed by atoms with Gasteiger partial charge in [-0.3, -0.25) is 4.79 Å². The van der Waals surface area contributed by atoms with Gasteiger partial charge in [0.15, 0.2) is 5.82 Å². The molecule has 0 saturated carbocycles. The van der Waals surface area contributed by atoms with Crippen LogP contribution in [0.3, 0.4) is 0 Å². The highest BCUT2D eigenvalue weighted by Gasteiger charge is 2.13. The van der Waals surface area contributed by atoms with Gasteiger partial charge < -0.3 is 14.8 Å². The van der Waals surface area contributed by atoms with E-state index in [4.69, 9.17) is 9.47 Å². The van der Waals surface area contributed by atoms with E-state index in [1.54, 1.807) is 44.5 Å². The van der Waals surface area contributed by atoms with Crippen LogP contribution < -0.4 is 14.8 Å². The summed E-state index contributed by atoms with van der Waals surface area (Å²) in [5.41, 5.74) is 2.53. The number of anilines is 1. The lowest BCUT2D eigenvalue weighted by Gasteiger charge is -2.10. The molecule has 0 aliphatic heterocycles. The van der Waals surface area contributed by atoms with Crippen molar-refractivity contribution in [2.75, 3.05) is 12.4 Å². The second kappa shape index (κ2) is 9.09. The predicted octanol–water partition coefficient (Wildman–Crippen LogP) is 5.51. The molecular weight excluding hydrogens is 390 g/mol. The van der Waals surface area contributed by atoms with Gasteiger partial charge in [0.25, 0.3) is 5.91 Å². The number of aryl methyl sites for hydroxylation is 1. The van der Waals surface area contributed by atoms with E-state index < -0.39 is 0 Å². The highest BCUT2D eigenvalue weighted by atomic mass is 16.5. The summed E-state index contributed by atoms with van der Waals surface area (Å²) >= 11 is 0. The number of aromatic nitrogens is 2. The second-order valence-corrected chi connectivity index (χ2v) is 6.81. The first-order valence-electron chi connectivity index (χ1n) is 9.75. The molecular formula is C25H21N3O3. The Bertz CT molecular complexity index is 1180. The Morgan fingerprint density at radius 2 is 1.48 bits per heavy atom. The number of carbonyl (C=O) groups is 1. The molecule has 31 heavy (non-hydrogen) atoms. The van der Waals surface area contributed by atoms with Crippen LogP contribution in [0, 0.1) is 6.92 Å². The summed E-state index contributed by atoms with van der Waals surface area (Å²) in [5, 5.41) is 2.87. The fourth-order valence-corrected chi connectivity index (χ4v) is 3.00. The van der Waals surface area contributed by atoms with Gasteiger partial charge in [-0.25, -0.2) is 9.97 Å². The van der Waals surface area contributed by atoms with Crippen LogP contribution >= 0.6 is 0 Å². The van der Waals surface area contributed by atoms with Gasteiger partial charge in [0, 0.05) is 17.4 Å². The fourth-order valence-electron chi connectivity index (χ4n) is 3.00. The summed E-state index contributed by atoms with van der Waals surface area (Å²) in [7, 11) is 1.62. The molecule has 0 atom stereocenters. The van der Waals surface area contributed by atoms with Crippen molar-refractivity contribution >= 4 is 11.6 Å². The maximum absolute atomic E-state index is 12.7. The number of rotatable bonds is 6. The molecule has 154 valence electrons. The van der Waals surface area contributed by atoms with Crippen molar-refractivity contribution in [1.82, 2.24) is 9.97 Å². The molecule has 0 aliphatic rings. The molecule has 1 N–H and O–H groups in total. The summed E-state index contributed by atoms with van der Waals surface area (Å²) in [6.45, 7) is 1.79. The number of carbonyl (C=O) groups excluding carboxylic acids is 1. The largest absolute Gasteiger partial charge is 0.497 e. The number of nitrogens with one attached hydrogen (secondary N) is 1. The minimum absolute atomic E-state index is 0.268. The normalized spacial score (nSPS) is 10.4. The Hall–Kier alpha value is -4.19. The summed E-state index contributed by atoms with van der Waals surface area (Å²) in [4.78, 5) is 21.5. The maximum atomic E-state index is 12.7. The van der Waals surface area contributed by atoms with Gasteiger partial charge in [0.05, 0.1) is 18.4 Å². The minimum atomic E-state index is -0.268. The smallest absolute Gasteiger partial charge is 0.259 e. The van der Waals surface area contributed by atoms with E-state index in [9.17, 15) is 4.79 Å². The molecule has 0 saturated heterocycles. The van der Waals surface area contributed by atoms with Crippen LogP contribution in [0.1, 0.15) is 16.1 Å². The Morgan fingerprint density at radius 3 is 2.13 bits per heavy atom. The molecule has 0 spiro atoms. The lowest BCUT2D eigenvalue weighted by Crippen LogP contribution is -2.15. The average Bonchev–Trinajstić information content (AvgIpc) is 2.81. The summed E-state index contributed by atoms with van der Waals surface area (Å²) in [6.07, 6.45) is 1.55. The highest BCUT2D eigenvalue weighted by Crippen LogP contribution is 2.24. The van der Waals surface area contributed by atoms with Crippen molar-refractivity contribution in [2.24, 2.45) is 0 Å². The molecule has 1 amide bonds. The van der Waals surface area contributed by atoms with E-state index in [0.29, 0.717) is 28.5 Å². The standard InChI is InChI=1S/C25H21N3O3/c1-17-23(16-26-24(27-17)18-8-12-20(30-2)13-9-18)25(29)28-19-10-14-22(15-11-19)31-21-6-4-3-5-7-21/h3-16H,1-2H3,(H,28,29). The first-order chi connectivity index (χ1) is 15.1. The molecule has 6 nitrogen and oxygen atoms in total. The third-order valence-electron chi connectivity index (χ3n) is 4.66. The van der Waals surface area contributed by atoms with E-state index in [1.165, 1.54) is 0 Å². The van der Waals surface area contributed by atoms with Crippen LogP contribution in [0.5, 0.6) is 17.2 Å². The van der Waals surface area contributed by atoms with E-state index in [1.807, 2.05) is 54.6 Å². The third-order valence-corrected chi connectivity index (χ3v) is 4.66. The number of para-hydroxylation sites is 1. The zero-order valence-electron chi connectivity index (χ0n) is 17.2. The molecule has 0 radical (unpaired) electrons. The van der Waals surface area contributed by atoms with Crippen LogP contribution in [-0.4, -0.2) is 23.0 Å². The number of benzene rings is 3. The summed E-state index contributed by atoms with van der Waals surface area (Å²) in [6, 6.07) is 24.2. The molecule has 0 aliphatic carbocycles. The van der Waals surface area contributed by atoms with E-state index in [-0.39, 0.29) is 5.91 Å². The number of amides is 1. The Morgan fingerprint density at radius 1 is 0.839 bits per heavy atom. The van der Waals surface area contributed by atoms with Crippen molar-refractivity contribution in [3.63, 3.8) is 0 Å². The van der Waals surface area contributed by atoms with Crippen molar-refractivity contribution in [3.8, 4) is 28.6 Å².